The van der Waals surface area contributed by atoms with Gasteiger partial charge in [0.05, 0.1) is 6.26 Å². The van der Waals surface area contributed by atoms with Crippen LogP contribution in [0.25, 0.3) is 17.1 Å². The average molecular weight is 300 g/mol. The average Bonchev–Trinajstić information content (AvgIpc) is 3.22. The van der Waals surface area contributed by atoms with E-state index >= 15 is 0 Å². The molecule has 1 fully saturated rings. The Hall–Kier alpha value is -1.95. The van der Waals surface area contributed by atoms with Crippen molar-refractivity contribution >= 4 is 28.4 Å². The number of fused-ring (bicyclic) bond motifs is 1. The number of nitrogens with zero attached hydrogens (tertiary/aromatic N) is 4. The van der Waals surface area contributed by atoms with Crippen molar-refractivity contribution in [3.63, 3.8) is 0 Å². The first-order valence-electron chi connectivity index (χ1n) is 7.34. The van der Waals surface area contributed by atoms with Crippen LogP contribution in [0.4, 0.5) is 0 Å². The molecule has 3 aromatic rings. The molecule has 0 unspecified atom stereocenters. The van der Waals surface area contributed by atoms with Gasteiger partial charge in [-0.05, 0) is 37.1 Å². The van der Waals surface area contributed by atoms with Crippen LogP contribution in [-0.2, 0) is 0 Å². The molecular formula is C15H16N4OS. The minimum absolute atomic E-state index is 0.512. The van der Waals surface area contributed by atoms with E-state index in [0.717, 1.165) is 21.6 Å². The Morgan fingerprint density at radius 3 is 2.90 bits per heavy atom. The van der Waals surface area contributed by atoms with Crippen molar-refractivity contribution in [3.8, 4) is 0 Å². The molecule has 3 aromatic heterocycles. The van der Waals surface area contributed by atoms with E-state index < -0.39 is 0 Å². The van der Waals surface area contributed by atoms with Gasteiger partial charge in [-0.15, -0.1) is 10.2 Å². The minimum atomic E-state index is 0.512. The second-order valence-electron chi connectivity index (χ2n) is 5.38. The highest BCUT2D eigenvalue weighted by atomic mass is 32.1. The number of hydrogen-bond donors (Lipinski definition) is 0. The fraction of sp³-hybridized carbons (Fsp3) is 0.400. The van der Waals surface area contributed by atoms with Crippen LogP contribution in [0.15, 0.2) is 22.8 Å². The predicted molar refractivity (Wildman–Crippen MR) is 82.1 cm³/mol. The van der Waals surface area contributed by atoms with E-state index in [1.54, 1.807) is 17.6 Å². The molecular weight excluding hydrogens is 284 g/mol. The van der Waals surface area contributed by atoms with Crippen LogP contribution in [0, 0.1) is 0 Å². The first-order valence-corrected chi connectivity index (χ1v) is 8.15. The number of aromatic nitrogens is 4. The molecule has 21 heavy (non-hydrogen) atoms. The second-order valence-corrected chi connectivity index (χ2v) is 6.36. The summed E-state index contributed by atoms with van der Waals surface area (Å²) in [5.74, 6) is 2.37. The third-order valence-electron chi connectivity index (χ3n) is 3.93. The van der Waals surface area contributed by atoms with Gasteiger partial charge in [0.2, 0.25) is 4.96 Å². The lowest BCUT2D eigenvalue weighted by Gasteiger charge is -2.18. The van der Waals surface area contributed by atoms with Gasteiger partial charge in [-0.1, -0.05) is 30.6 Å². The van der Waals surface area contributed by atoms with Crippen molar-refractivity contribution < 1.29 is 4.42 Å². The van der Waals surface area contributed by atoms with Gasteiger partial charge in [0.15, 0.2) is 5.82 Å². The molecule has 1 aliphatic carbocycles. The summed E-state index contributed by atoms with van der Waals surface area (Å²) >= 11 is 1.55. The summed E-state index contributed by atoms with van der Waals surface area (Å²) < 4.78 is 7.20. The molecule has 0 amide bonds. The summed E-state index contributed by atoms with van der Waals surface area (Å²) in [7, 11) is 0. The van der Waals surface area contributed by atoms with Gasteiger partial charge in [0.25, 0.3) is 0 Å². The van der Waals surface area contributed by atoms with Crippen molar-refractivity contribution in [2.45, 2.75) is 38.0 Å². The monoisotopic (exact) mass is 300 g/mol. The summed E-state index contributed by atoms with van der Waals surface area (Å²) in [5.41, 5.74) is 0. The summed E-state index contributed by atoms with van der Waals surface area (Å²) in [5, 5.41) is 14.2. The van der Waals surface area contributed by atoms with Crippen LogP contribution in [-0.4, -0.2) is 19.8 Å². The molecule has 1 saturated carbocycles. The molecule has 5 nitrogen and oxygen atoms in total. The maximum absolute atomic E-state index is 5.28. The third-order valence-corrected chi connectivity index (χ3v) is 4.80. The zero-order chi connectivity index (χ0) is 14.1. The lowest BCUT2D eigenvalue weighted by molar-refractivity contribution is 0.423. The number of rotatable bonds is 3. The van der Waals surface area contributed by atoms with Gasteiger partial charge in [-0.25, -0.2) is 0 Å². The second kappa shape index (κ2) is 5.44. The predicted octanol–water partition coefficient (Wildman–Crippen LogP) is 4.00. The highest BCUT2D eigenvalue weighted by Gasteiger charge is 2.22. The molecule has 1 aliphatic rings. The standard InChI is InChI=1S/C15H16N4OS/c1-2-5-11(6-3-1)14-16-17-15-19(14)18-13(21-15)9-8-12-7-4-10-20-12/h4,7-11H,1-3,5-6H2/b9-8-. The quantitative estimate of drug-likeness (QED) is 0.733. The Bertz CT molecular complexity index is 750. The first-order chi connectivity index (χ1) is 10.4. The van der Waals surface area contributed by atoms with Crippen LogP contribution < -0.4 is 0 Å². The Labute approximate surface area is 126 Å². The topological polar surface area (TPSA) is 56.2 Å². The minimum Gasteiger partial charge on any atom is -0.465 e. The maximum Gasteiger partial charge on any atom is 0.234 e. The lowest BCUT2D eigenvalue weighted by Crippen LogP contribution is -2.09. The largest absolute Gasteiger partial charge is 0.465 e. The Balaban J connectivity index is 1.62. The van der Waals surface area contributed by atoms with E-state index in [1.165, 1.54) is 32.1 Å². The number of hydrogen-bond acceptors (Lipinski definition) is 5. The molecule has 0 saturated heterocycles. The summed E-state index contributed by atoms with van der Waals surface area (Å²) in [6.07, 6.45) is 11.9. The van der Waals surface area contributed by atoms with Crippen LogP contribution in [0.3, 0.4) is 0 Å². The van der Waals surface area contributed by atoms with E-state index in [2.05, 4.69) is 15.3 Å². The Morgan fingerprint density at radius 1 is 1.19 bits per heavy atom. The van der Waals surface area contributed by atoms with Gasteiger partial charge in [-0.2, -0.15) is 9.61 Å². The number of furan rings is 1. The summed E-state index contributed by atoms with van der Waals surface area (Å²) in [4.78, 5) is 0.870. The molecule has 0 N–H and O–H groups in total. The molecule has 3 heterocycles. The highest BCUT2D eigenvalue weighted by Crippen LogP contribution is 2.32. The SMILES string of the molecule is C(=C/c1nn2c(C3CCCCC3)nnc2s1)/c1ccco1. The normalized spacial score (nSPS) is 17.1. The van der Waals surface area contributed by atoms with Gasteiger partial charge >= 0.3 is 0 Å². The van der Waals surface area contributed by atoms with Gasteiger partial charge in [0.1, 0.15) is 10.8 Å². The third kappa shape index (κ3) is 2.51. The van der Waals surface area contributed by atoms with Crippen molar-refractivity contribution in [2.75, 3.05) is 0 Å². The molecule has 0 radical (unpaired) electrons. The zero-order valence-corrected chi connectivity index (χ0v) is 12.4. The maximum atomic E-state index is 5.28. The van der Waals surface area contributed by atoms with E-state index in [1.807, 2.05) is 28.8 Å². The molecule has 0 bridgehead atoms. The molecule has 4 rings (SSSR count). The fourth-order valence-corrected chi connectivity index (χ4v) is 3.62. The van der Waals surface area contributed by atoms with Crippen molar-refractivity contribution in [1.29, 1.82) is 0 Å². The fourth-order valence-electron chi connectivity index (χ4n) is 2.87. The first kappa shape index (κ1) is 12.8. The van der Waals surface area contributed by atoms with Crippen molar-refractivity contribution in [3.05, 3.63) is 35.0 Å². The van der Waals surface area contributed by atoms with Crippen LogP contribution in [0.2, 0.25) is 0 Å². The summed E-state index contributed by atoms with van der Waals surface area (Å²) in [6.45, 7) is 0. The highest BCUT2D eigenvalue weighted by molar-refractivity contribution is 7.17. The van der Waals surface area contributed by atoms with Crippen LogP contribution >= 0.6 is 11.3 Å². The van der Waals surface area contributed by atoms with E-state index in [9.17, 15) is 0 Å². The molecule has 0 atom stereocenters. The van der Waals surface area contributed by atoms with Crippen LogP contribution in [0.1, 0.15) is 54.6 Å². The van der Waals surface area contributed by atoms with Crippen LogP contribution in [0.5, 0.6) is 0 Å². The Kier molecular flexibility index (Phi) is 3.31. The Morgan fingerprint density at radius 2 is 2.10 bits per heavy atom. The smallest absolute Gasteiger partial charge is 0.234 e. The lowest BCUT2D eigenvalue weighted by atomic mass is 9.89. The van der Waals surface area contributed by atoms with Crippen molar-refractivity contribution in [1.82, 2.24) is 19.8 Å². The molecule has 108 valence electrons. The van der Waals surface area contributed by atoms with E-state index in [-0.39, 0.29) is 0 Å². The molecule has 6 heteroatoms. The summed E-state index contributed by atoms with van der Waals surface area (Å²) in [6, 6.07) is 3.80. The van der Waals surface area contributed by atoms with E-state index in [0.29, 0.717) is 5.92 Å². The van der Waals surface area contributed by atoms with Gasteiger partial charge in [0, 0.05) is 5.92 Å². The van der Waals surface area contributed by atoms with Gasteiger partial charge < -0.3 is 4.42 Å². The van der Waals surface area contributed by atoms with Crippen molar-refractivity contribution in [2.24, 2.45) is 0 Å². The molecule has 0 aromatic carbocycles. The van der Waals surface area contributed by atoms with E-state index in [4.69, 9.17) is 4.42 Å². The zero-order valence-electron chi connectivity index (χ0n) is 11.6. The van der Waals surface area contributed by atoms with Gasteiger partial charge in [-0.3, -0.25) is 0 Å². The molecule has 0 spiro atoms. The molecule has 0 aliphatic heterocycles.